The molecule has 1 unspecified atom stereocenters. The van der Waals surface area contributed by atoms with Crippen molar-refractivity contribution in [3.8, 4) is 0 Å². The zero-order valence-electron chi connectivity index (χ0n) is 20.0. The number of anilines is 1. The van der Waals surface area contributed by atoms with Crippen molar-refractivity contribution < 1.29 is 14.3 Å². The van der Waals surface area contributed by atoms with Gasteiger partial charge in [-0.1, -0.05) is 30.8 Å². The number of benzene rings is 1. The van der Waals surface area contributed by atoms with Gasteiger partial charge in [-0.05, 0) is 37.0 Å². The number of ether oxygens (including phenoxy) is 1. The first-order chi connectivity index (χ1) is 16.5. The van der Waals surface area contributed by atoms with Crippen LogP contribution >= 0.6 is 11.8 Å². The molecule has 2 aliphatic heterocycles. The normalized spacial score (nSPS) is 18.2. The number of amides is 2. The van der Waals surface area contributed by atoms with E-state index in [1.54, 1.807) is 18.7 Å². The van der Waals surface area contributed by atoms with E-state index in [9.17, 15) is 9.59 Å². The quantitative estimate of drug-likeness (QED) is 0.456. The number of thioether (sulfide) groups is 1. The van der Waals surface area contributed by atoms with Crippen LogP contribution < -0.4 is 10.2 Å². The minimum Gasteiger partial charge on any atom is -0.376 e. The van der Waals surface area contributed by atoms with E-state index in [0.29, 0.717) is 31.0 Å². The number of nitrogens with one attached hydrogen (secondary N) is 1. The van der Waals surface area contributed by atoms with Crippen molar-refractivity contribution in [3.63, 3.8) is 0 Å². The Labute approximate surface area is 205 Å². The fourth-order valence-electron chi connectivity index (χ4n) is 4.18. The number of hydrogen-bond donors (Lipinski definition) is 1. The van der Waals surface area contributed by atoms with Gasteiger partial charge < -0.3 is 19.9 Å². The SMILES string of the molecule is CCc1cc(N2CCN(C(C)=O)CC2)nc(SCc2cccc(C(=O)NCC3CCCO3)c2)n1. The lowest BCUT2D eigenvalue weighted by Gasteiger charge is -2.35. The van der Waals surface area contributed by atoms with Crippen LogP contribution in [0.15, 0.2) is 35.5 Å². The Morgan fingerprint density at radius 1 is 1.18 bits per heavy atom. The Bertz CT molecular complexity index is 1000. The molecule has 3 heterocycles. The van der Waals surface area contributed by atoms with Crippen LogP contribution in [-0.4, -0.2) is 72.1 Å². The first-order valence-electron chi connectivity index (χ1n) is 12.0. The van der Waals surface area contributed by atoms with Crippen molar-refractivity contribution >= 4 is 29.4 Å². The maximum absolute atomic E-state index is 12.6. The fraction of sp³-hybridized carbons (Fsp3) is 0.520. The number of rotatable bonds is 8. The van der Waals surface area contributed by atoms with Crippen molar-refractivity contribution in [2.45, 2.75) is 50.1 Å². The predicted octanol–water partition coefficient (Wildman–Crippen LogP) is 2.91. The van der Waals surface area contributed by atoms with Crippen LogP contribution in [0.2, 0.25) is 0 Å². The summed E-state index contributed by atoms with van der Waals surface area (Å²) in [5.41, 5.74) is 2.71. The number of hydrogen-bond acceptors (Lipinski definition) is 7. The molecule has 1 aromatic carbocycles. The maximum Gasteiger partial charge on any atom is 0.251 e. The van der Waals surface area contributed by atoms with Crippen LogP contribution in [0.5, 0.6) is 0 Å². The maximum atomic E-state index is 12.6. The molecular formula is C25H33N5O3S. The summed E-state index contributed by atoms with van der Waals surface area (Å²) in [6, 6.07) is 9.76. The number of piperazine rings is 1. The van der Waals surface area contributed by atoms with Crippen LogP contribution in [0.1, 0.15) is 48.3 Å². The summed E-state index contributed by atoms with van der Waals surface area (Å²) in [6.07, 6.45) is 3.02. The van der Waals surface area contributed by atoms with E-state index in [1.165, 1.54) is 0 Å². The van der Waals surface area contributed by atoms with E-state index in [-0.39, 0.29) is 17.9 Å². The van der Waals surface area contributed by atoms with E-state index in [1.807, 2.05) is 35.2 Å². The minimum atomic E-state index is -0.0708. The van der Waals surface area contributed by atoms with Gasteiger partial charge in [0.15, 0.2) is 5.16 Å². The molecule has 2 fully saturated rings. The van der Waals surface area contributed by atoms with E-state index in [0.717, 1.165) is 61.2 Å². The Morgan fingerprint density at radius 2 is 2.00 bits per heavy atom. The van der Waals surface area contributed by atoms with E-state index < -0.39 is 0 Å². The number of aryl methyl sites for hydroxylation is 1. The lowest BCUT2D eigenvalue weighted by atomic mass is 10.1. The third kappa shape index (κ3) is 6.48. The Balaban J connectivity index is 1.37. The highest BCUT2D eigenvalue weighted by atomic mass is 32.2. The van der Waals surface area contributed by atoms with Gasteiger partial charge in [-0.15, -0.1) is 0 Å². The van der Waals surface area contributed by atoms with Crippen LogP contribution in [0.3, 0.4) is 0 Å². The molecule has 0 radical (unpaired) electrons. The molecule has 4 rings (SSSR count). The van der Waals surface area contributed by atoms with Gasteiger partial charge in [0, 0.05) is 69.3 Å². The Morgan fingerprint density at radius 3 is 2.71 bits per heavy atom. The van der Waals surface area contributed by atoms with Gasteiger partial charge in [0.2, 0.25) is 5.91 Å². The van der Waals surface area contributed by atoms with Gasteiger partial charge in [-0.25, -0.2) is 9.97 Å². The molecule has 34 heavy (non-hydrogen) atoms. The third-order valence-corrected chi connectivity index (χ3v) is 7.15. The van der Waals surface area contributed by atoms with Gasteiger partial charge in [0.1, 0.15) is 5.82 Å². The Kier molecular flexibility index (Phi) is 8.39. The molecule has 182 valence electrons. The molecule has 0 bridgehead atoms. The second-order valence-corrected chi connectivity index (χ2v) is 9.62. The molecular weight excluding hydrogens is 450 g/mol. The first kappa shape index (κ1) is 24.5. The molecule has 1 aromatic heterocycles. The number of nitrogens with zero attached hydrogens (tertiary/aromatic N) is 4. The molecule has 9 heteroatoms. The van der Waals surface area contributed by atoms with Crippen molar-refractivity contribution in [1.82, 2.24) is 20.2 Å². The highest BCUT2D eigenvalue weighted by Gasteiger charge is 2.21. The minimum absolute atomic E-state index is 0.0708. The summed E-state index contributed by atoms with van der Waals surface area (Å²) < 4.78 is 5.59. The summed E-state index contributed by atoms with van der Waals surface area (Å²) in [6.45, 7) is 8.01. The van der Waals surface area contributed by atoms with Crippen LogP contribution in [0.25, 0.3) is 0 Å². The Hall–Kier alpha value is -2.65. The third-order valence-electron chi connectivity index (χ3n) is 6.23. The molecule has 1 N–H and O–H groups in total. The summed E-state index contributed by atoms with van der Waals surface area (Å²) in [7, 11) is 0. The number of carbonyl (C=O) groups excluding carboxylic acids is 2. The summed E-state index contributed by atoms with van der Waals surface area (Å²) in [5, 5.41) is 3.72. The predicted molar refractivity (Wildman–Crippen MR) is 133 cm³/mol. The standard InChI is InChI=1S/C25H33N5O3S/c1-3-21-15-23(30-11-9-29(10-12-30)18(2)31)28-25(27-21)34-17-19-6-4-7-20(14-19)24(32)26-16-22-8-5-13-33-22/h4,6-7,14-15,22H,3,5,8-13,16-17H2,1-2H3,(H,26,32). The summed E-state index contributed by atoms with van der Waals surface area (Å²) >= 11 is 1.58. The second-order valence-electron chi connectivity index (χ2n) is 8.68. The van der Waals surface area contributed by atoms with E-state index in [2.05, 4.69) is 17.1 Å². The molecule has 8 nitrogen and oxygen atoms in total. The van der Waals surface area contributed by atoms with Gasteiger partial charge in [0.25, 0.3) is 5.91 Å². The lowest BCUT2D eigenvalue weighted by molar-refractivity contribution is -0.129. The van der Waals surface area contributed by atoms with Crippen molar-refractivity contribution in [2.75, 3.05) is 44.2 Å². The highest BCUT2D eigenvalue weighted by Crippen LogP contribution is 2.24. The van der Waals surface area contributed by atoms with Gasteiger partial charge >= 0.3 is 0 Å². The summed E-state index contributed by atoms with van der Waals surface area (Å²) in [5.74, 6) is 1.64. The molecule has 0 spiro atoms. The molecule has 2 saturated heterocycles. The van der Waals surface area contributed by atoms with Crippen LogP contribution in [0, 0.1) is 0 Å². The van der Waals surface area contributed by atoms with Crippen molar-refractivity contribution in [3.05, 3.63) is 47.2 Å². The van der Waals surface area contributed by atoms with E-state index >= 15 is 0 Å². The highest BCUT2D eigenvalue weighted by molar-refractivity contribution is 7.98. The second kappa shape index (κ2) is 11.7. The van der Waals surface area contributed by atoms with Gasteiger partial charge in [-0.2, -0.15) is 0 Å². The smallest absolute Gasteiger partial charge is 0.251 e. The lowest BCUT2D eigenvalue weighted by Crippen LogP contribution is -2.48. The molecule has 2 aliphatic rings. The molecule has 0 aliphatic carbocycles. The molecule has 2 aromatic rings. The average molecular weight is 484 g/mol. The molecule has 0 saturated carbocycles. The number of aromatic nitrogens is 2. The summed E-state index contributed by atoms with van der Waals surface area (Å²) in [4.78, 5) is 37.8. The topological polar surface area (TPSA) is 87.7 Å². The van der Waals surface area contributed by atoms with Gasteiger partial charge in [-0.3, -0.25) is 9.59 Å². The monoisotopic (exact) mass is 483 g/mol. The molecule has 2 amide bonds. The number of carbonyl (C=O) groups is 2. The van der Waals surface area contributed by atoms with Crippen LogP contribution in [-0.2, 0) is 21.7 Å². The zero-order chi connectivity index (χ0) is 23.9. The zero-order valence-corrected chi connectivity index (χ0v) is 20.8. The van der Waals surface area contributed by atoms with Crippen LogP contribution in [0.4, 0.5) is 5.82 Å². The van der Waals surface area contributed by atoms with E-state index in [4.69, 9.17) is 14.7 Å². The largest absolute Gasteiger partial charge is 0.376 e. The first-order valence-corrected chi connectivity index (χ1v) is 13.0. The average Bonchev–Trinajstić information content (AvgIpc) is 3.40. The molecule has 1 atom stereocenters. The van der Waals surface area contributed by atoms with Crippen molar-refractivity contribution in [1.29, 1.82) is 0 Å². The van der Waals surface area contributed by atoms with Crippen molar-refractivity contribution in [2.24, 2.45) is 0 Å². The van der Waals surface area contributed by atoms with Gasteiger partial charge in [0.05, 0.1) is 6.10 Å². The fourth-order valence-corrected chi connectivity index (χ4v) is 5.00.